The second-order valence-electron chi connectivity index (χ2n) is 8.71. The average Bonchev–Trinajstić information content (AvgIpc) is 3.40. The molecule has 7 heteroatoms. The van der Waals surface area contributed by atoms with Crippen LogP contribution in [0.15, 0.2) is 83.3 Å². The molecule has 1 atom stereocenters. The van der Waals surface area contributed by atoms with E-state index in [0.717, 1.165) is 49.5 Å². The van der Waals surface area contributed by atoms with E-state index >= 15 is 0 Å². The minimum absolute atomic E-state index is 0.116. The molecule has 1 aromatic heterocycles. The number of nitrogens with one attached hydrogen (secondary N) is 1. The van der Waals surface area contributed by atoms with Crippen molar-refractivity contribution < 1.29 is 13.9 Å². The molecule has 0 radical (unpaired) electrons. The van der Waals surface area contributed by atoms with Crippen LogP contribution in [0.5, 0.6) is 0 Å². The first-order valence-corrected chi connectivity index (χ1v) is 11.8. The van der Waals surface area contributed by atoms with Crippen molar-refractivity contribution in [1.29, 1.82) is 0 Å². The zero-order valence-electron chi connectivity index (χ0n) is 19.7. The Morgan fingerprint density at radius 1 is 0.886 bits per heavy atom. The van der Waals surface area contributed by atoms with E-state index in [9.17, 15) is 4.79 Å². The Kier molecular flexibility index (Phi) is 6.97. The third kappa shape index (κ3) is 5.65. The van der Waals surface area contributed by atoms with Crippen LogP contribution in [0.2, 0.25) is 0 Å². The molecule has 1 amide bonds. The van der Waals surface area contributed by atoms with Crippen LogP contribution in [-0.4, -0.2) is 53.9 Å². The first-order chi connectivity index (χ1) is 17.2. The fraction of sp³-hybridized carbons (Fsp3) is 0.250. The molecule has 5 rings (SSSR count). The number of hydrogen-bond acceptors (Lipinski definition) is 6. The van der Waals surface area contributed by atoms with Crippen LogP contribution in [0, 0.1) is 6.92 Å². The van der Waals surface area contributed by atoms with Crippen molar-refractivity contribution in [2.24, 2.45) is 0 Å². The predicted molar refractivity (Wildman–Crippen MR) is 134 cm³/mol. The number of morpholine rings is 1. The Labute approximate surface area is 204 Å². The van der Waals surface area contributed by atoms with Gasteiger partial charge in [0.1, 0.15) is 0 Å². The van der Waals surface area contributed by atoms with Gasteiger partial charge in [-0.1, -0.05) is 48.0 Å². The molecule has 2 heterocycles. The van der Waals surface area contributed by atoms with Gasteiger partial charge in [-0.15, -0.1) is 10.2 Å². The molecule has 1 aliphatic rings. The lowest BCUT2D eigenvalue weighted by molar-refractivity contribution is 0.0332. The van der Waals surface area contributed by atoms with Gasteiger partial charge in [-0.2, -0.15) is 0 Å². The number of hydrogen-bond donors (Lipinski definition) is 1. The van der Waals surface area contributed by atoms with Crippen LogP contribution >= 0.6 is 0 Å². The van der Waals surface area contributed by atoms with Crippen LogP contribution in [0.25, 0.3) is 22.9 Å². The lowest BCUT2D eigenvalue weighted by atomic mass is 10.0. The molecule has 1 saturated heterocycles. The molecule has 3 aromatic carbocycles. The highest BCUT2D eigenvalue weighted by Crippen LogP contribution is 2.25. The summed E-state index contributed by atoms with van der Waals surface area (Å²) in [6, 6.07) is 25.1. The highest BCUT2D eigenvalue weighted by Gasteiger charge is 2.21. The fourth-order valence-corrected chi connectivity index (χ4v) is 4.12. The van der Waals surface area contributed by atoms with E-state index in [1.165, 1.54) is 5.56 Å². The van der Waals surface area contributed by atoms with E-state index in [1.807, 2.05) is 61.5 Å². The highest BCUT2D eigenvalue weighted by molar-refractivity contribution is 5.94. The molecular formula is C28H28N4O3. The summed E-state index contributed by atoms with van der Waals surface area (Å²) in [6.45, 7) is 5.94. The van der Waals surface area contributed by atoms with Crippen molar-refractivity contribution in [3.8, 4) is 22.9 Å². The van der Waals surface area contributed by atoms with Crippen molar-refractivity contribution in [1.82, 2.24) is 20.4 Å². The maximum absolute atomic E-state index is 13.1. The number of amides is 1. The molecule has 1 aliphatic heterocycles. The van der Waals surface area contributed by atoms with E-state index in [4.69, 9.17) is 9.15 Å². The van der Waals surface area contributed by atoms with Crippen molar-refractivity contribution in [2.45, 2.75) is 13.0 Å². The maximum atomic E-state index is 13.1. The Hall–Kier alpha value is -3.81. The van der Waals surface area contributed by atoms with Gasteiger partial charge in [-0.25, -0.2) is 0 Å². The third-order valence-electron chi connectivity index (χ3n) is 6.17. The van der Waals surface area contributed by atoms with Gasteiger partial charge < -0.3 is 14.5 Å². The second kappa shape index (κ2) is 10.6. The molecule has 35 heavy (non-hydrogen) atoms. The first-order valence-electron chi connectivity index (χ1n) is 11.8. The van der Waals surface area contributed by atoms with Crippen molar-refractivity contribution >= 4 is 5.91 Å². The van der Waals surface area contributed by atoms with Gasteiger partial charge >= 0.3 is 0 Å². The molecule has 7 nitrogen and oxygen atoms in total. The predicted octanol–water partition coefficient (Wildman–Crippen LogP) is 4.52. The second-order valence-corrected chi connectivity index (χ2v) is 8.71. The van der Waals surface area contributed by atoms with Crippen LogP contribution in [0.3, 0.4) is 0 Å². The summed E-state index contributed by atoms with van der Waals surface area (Å²) in [5.74, 6) is 0.766. The summed E-state index contributed by atoms with van der Waals surface area (Å²) in [7, 11) is 0. The Bertz CT molecular complexity index is 1250. The van der Waals surface area contributed by atoms with Gasteiger partial charge in [0.2, 0.25) is 11.8 Å². The molecule has 1 N–H and O–H groups in total. The van der Waals surface area contributed by atoms with Crippen LogP contribution in [0.4, 0.5) is 0 Å². The molecule has 0 bridgehead atoms. The molecule has 0 saturated carbocycles. The molecule has 0 spiro atoms. The van der Waals surface area contributed by atoms with Gasteiger partial charge in [0.05, 0.1) is 19.3 Å². The minimum Gasteiger partial charge on any atom is -0.416 e. The maximum Gasteiger partial charge on any atom is 0.251 e. The van der Waals surface area contributed by atoms with E-state index in [1.54, 1.807) is 12.1 Å². The zero-order valence-corrected chi connectivity index (χ0v) is 19.7. The number of rotatable bonds is 7. The van der Waals surface area contributed by atoms with Gasteiger partial charge in [-0.05, 0) is 48.9 Å². The van der Waals surface area contributed by atoms with Gasteiger partial charge in [0.25, 0.3) is 5.91 Å². The van der Waals surface area contributed by atoms with Crippen LogP contribution in [0.1, 0.15) is 27.5 Å². The third-order valence-corrected chi connectivity index (χ3v) is 6.17. The van der Waals surface area contributed by atoms with Crippen molar-refractivity contribution in [2.75, 3.05) is 32.8 Å². The topological polar surface area (TPSA) is 80.5 Å². The lowest BCUT2D eigenvalue weighted by Crippen LogP contribution is -2.43. The minimum atomic E-state index is -0.121. The van der Waals surface area contributed by atoms with Gasteiger partial charge in [-0.3, -0.25) is 9.69 Å². The van der Waals surface area contributed by atoms with E-state index < -0.39 is 0 Å². The Balaban J connectivity index is 1.29. The molecule has 0 unspecified atom stereocenters. The summed E-state index contributed by atoms with van der Waals surface area (Å²) in [6.07, 6.45) is 0. The average molecular weight is 469 g/mol. The van der Waals surface area contributed by atoms with E-state index in [0.29, 0.717) is 17.3 Å². The van der Waals surface area contributed by atoms with E-state index in [2.05, 4.69) is 32.5 Å². The van der Waals surface area contributed by atoms with Gasteiger partial charge in [0.15, 0.2) is 0 Å². The number of benzene rings is 3. The standard InChI is InChI=1S/C28H28N4O3/c1-20-7-9-23(10-8-20)27-30-31-28(35-27)24-13-11-22(12-14-24)26(33)29-25(21-5-3-2-4-6-21)19-32-15-17-34-18-16-32/h2-14,25H,15-19H2,1H3,(H,29,33)/t25-/m0/s1. The highest BCUT2D eigenvalue weighted by atomic mass is 16.5. The molecule has 0 aliphatic carbocycles. The molecule has 4 aromatic rings. The summed E-state index contributed by atoms with van der Waals surface area (Å²) in [5.41, 5.74) is 4.47. The number of aryl methyl sites for hydroxylation is 1. The van der Waals surface area contributed by atoms with E-state index in [-0.39, 0.29) is 11.9 Å². The number of carbonyl (C=O) groups is 1. The van der Waals surface area contributed by atoms with Crippen LogP contribution in [-0.2, 0) is 4.74 Å². The van der Waals surface area contributed by atoms with Gasteiger partial charge in [0, 0.05) is 36.3 Å². The smallest absolute Gasteiger partial charge is 0.251 e. The number of ether oxygens (including phenoxy) is 1. The van der Waals surface area contributed by atoms with Crippen LogP contribution < -0.4 is 5.32 Å². The SMILES string of the molecule is Cc1ccc(-c2nnc(-c3ccc(C(=O)N[C@@H](CN4CCOCC4)c4ccccc4)cc3)o2)cc1. The summed E-state index contributed by atoms with van der Waals surface area (Å²) < 4.78 is 11.3. The normalized spacial score (nSPS) is 15.0. The monoisotopic (exact) mass is 468 g/mol. The summed E-state index contributed by atoms with van der Waals surface area (Å²) in [5, 5.41) is 11.6. The Morgan fingerprint density at radius 3 is 2.11 bits per heavy atom. The van der Waals surface area contributed by atoms with Crippen molar-refractivity contribution in [3.63, 3.8) is 0 Å². The number of carbonyl (C=O) groups excluding carboxylic acids is 1. The molecule has 178 valence electrons. The largest absolute Gasteiger partial charge is 0.416 e. The number of aromatic nitrogens is 2. The zero-order chi connectivity index (χ0) is 24.0. The number of nitrogens with zero attached hydrogens (tertiary/aromatic N) is 3. The Morgan fingerprint density at radius 2 is 1.49 bits per heavy atom. The fourth-order valence-electron chi connectivity index (χ4n) is 4.12. The van der Waals surface area contributed by atoms with Crippen molar-refractivity contribution in [3.05, 3.63) is 95.6 Å². The lowest BCUT2D eigenvalue weighted by Gasteiger charge is -2.31. The quantitative estimate of drug-likeness (QED) is 0.430. The first kappa shape index (κ1) is 23.0. The summed E-state index contributed by atoms with van der Waals surface area (Å²) in [4.78, 5) is 15.5. The molecule has 1 fully saturated rings. The molecular weight excluding hydrogens is 440 g/mol. The summed E-state index contributed by atoms with van der Waals surface area (Å²) >= 11 is 0.